The highest BCUT2D eigenvalue weighted by Crippen LogP contribution is 2.35. The molecule has 1 unspecified atom stereocenters. The Hall–Kier alpha value is -1.02. The zero-order chi connectivity index (χ0) is 12.1. The van der Waals surface area contributed by atoms with Crippen molar-refractivity contribution in [3.05, 3.63) is 35.9 Å². The second-order valence-corrected chi connectivity index (χ2v) is 4.90. The minimum atomic E-state index is -0.0765. The summed E-state index contributed by atoms with van der Waals surface area (Å²) < 4.78 is 0. The molecule has 1 aromatic rings. The van der Waals surface area contributed by atoms with Gasteiger partial charge in [0.15, 0.2) is 0 Å². The first kappa shape index (κ1) is 12.4. The number of rotatable bonds is 4. The van der Waals surface area contributed by atoms with Crippen LogP contribution in [0.1, 0.15) is 37.3 Å². The maximum Gasteiger partial charge on any atom is 0.235 e. The molecule has 0 radical (unpaired) electrons. The second-order valence-electron chi connectivity index (χ2n) is 4.63. The molecule has 0 aromatic heterocycles. The van der Waals surface area contributed by atoms with Crippen molar-refractivity contribution in [1.82, 2.24) is 5.32 Å². The van der Waals surface area contributed by atoms with Gasteiger partial charge in [0, 0.05) is 0 Å². The van der Waals surface area contributed by atoms with E-state index in [4.69, 9.17) is 11.6 Å². The van der Waals surface area contributed by atoms with E-state index in [1.165, 1.54) is 31.2 Å². The molecule has 17 heavy (non-hydrogen) atoms. The average molecular weight is 252 g/mol. The van der Waals surface area contributed by atoms with Gasteiger partial charge in [-0.3, -0.25) is 4.79 Å². The lowest BCUT2D eigenvalue weighted by atomic mass is 9.91. The summed E-state index contributed by atoms with van der Waals surface area (Å²) in [6, 6.07) is 10.3. The third-order valence-corrected chi connectivity index (χ3v) is 3.71. The molecule has 1 N–H and O–H groups in total. The molecule has 1 aromatic carbocycles. The summed E-state index contributed by atoms with van der Waals surface area (Å²) in [6.45, 7) is 0. The molecule has 1 saturated carbocycles. The molecule has 1 amide bonds. The van der Waals surface area contributed by atoms with Gasteiger partial charge in [-0.2, -0.15) is 0 Å². The van der Waals surface area contributed by atoms with Gasteiger partial charge in [-0.25, -0.2) is 0 Å². The monoisotopic (exact) mass is 251 g/mol. The predicted octanol–water partition coefficient (Wildman–Crippen LogP) is 3.27. The fourth-order valence-electron chi connectivity index (χ4n) is 2.64. The highest BCUT2D eigenvalue weighted by atomic mass is 35.5. The molecule has 2 rings (SSSR count). The summed E-state index contributed by atoms with van der Waals surface area (Å²) >= 11 is 5.58. The fourth-order valence-corrected chi connectivity index (χ4v) is 2.71. The largest absolute Gasteiger partial charge is 0.348 e. The minimum absolute atomic E-state index is 0.0378. The van der Waals surface area contributed by atoms with Crippen molar-refractivity contribution in [2.24, 2.45) is 5.92 Å². The van der Waals surface area contributed by atoms with Crippen LogP contribution in [0.3, 0.4) is 0 Å². The molecule has 1 fully saturated rings. The minimum Gasteiger partial charge on any atom is -0.348 e. The first-order valence-corrected chi connectivity index (χ1v) is 6.75. The Balaban J connectivity index is 2.14. The number of hydrogen-bond acceptors (Lipinski definition) is 1. The van der Waals surface area contributed by atoms with Crippen molar-refractivity contribution in [2.75, 3.05) is 5.88 Å². The van der Waals surface area contributed by atoms with E-state index in [0.717, 1.165) is 0 Å². The first-order valence-electron chi connectivity index (χ1n) is 6.21. The number of benzene rings is 1. The first-order chi connectivity index (χ1) is 8.31. The van der Waals surface area contributed by atoms with Gasteiger partial charge in [-0.15, -0.1) is 11.6 Å². The lowest BCUT2D eigenvalue weighted by molar-refractivity contribution is -0.119. The SMILES string of the molecule is O=C(CCl)NC(c1ccccc1)C1CCCC1. The summed E-state index contributed by atoms with van der Waals surface area (Å²) in [5.74, 6) is 0.521. The van der Waals surface area contributed by atoms with Crippen molar-refractivity contribution in [3.63, 3.8) is 0 Å². The maximum atomic E-state index is 11.5. The third-order valence-electron chi connectivity index (χ3n) is 3.47. The zero-order valence-electron chi connectivity index (χ0n) is 9.86. The molecular formula is C14H18ClNO. The van der Waals surface area contributed by atoms with Gasteiger partial charge >= 0.3 is 0 Å². The van der Waals surface area contributed by atoms with E-state index >= 15 is 0 Å². The second kappa shape index (κ2) is 6.06. The van der Waals surface area contributed by atoms with Crippen molar-refractivity contribution < 1.29 is 4.79 Å². The fraction of sp³-hybridized carbons (Fsp3) is 0.500. The van der Waals surface area contributed by atoms with Crippen LogP contribution in [0.25, 0.3) is 0 Å². The molecule has 0 bridgehead atoms. The van der Waals surface area contributed by atoms with Crippen LogP contribution in [0.2, 0.25) is 0 Å². The van der Waals surface area contributed by atoms with Crippen molar-refractivity contribution in [1.29, 1.82) is 0 Å². The average Bonchev–Trinajstić information content (AvgIpc) is 2.90. The van der Waals surface area contributed by atoms with Crippen LogP contribution in [0.15, 0.2) is 30.3 Å². The van der Waals surface area contributed by atoms with Crippen LogP contribution in [-0.4, -0.2) is 11.8 Å². The van der Waals surface area contributed by atoms with Crippen LogP contribution < -0.4 is 5.32 Å². The van der Waals surface area contributed by atoms with Crippen molar-refractivity contribution in [2.45, 2.75) is 31.7 Å². The Labute approximate surface area is 107 Å². The Bertz CT molecular complexity index is 360. The van der Waals surface area contributed by atoms with Gasteiger partial charge in [-0.1, -0.05) is 43.2 Å². The third kappa shape index (κ3) is 3.22. The molecule has 1 atom stereocenters. The molecule has 0 aliphatic heterocycles. The van der Waals surface area contributed by atoms with E-state index in [0.29, 0.717) is 5.92 Å². The number of halogens is 1. The normalized spacial score (nSPS) is 17.9. The summed E-state index contributed by atoms with van der Waals surface area (Å²) in [5.41, 5.74) is 1.19. The van der Waals surface area contributed by atoms with Crippen LogP contribution >= 0.6 is 11.6 Å². The Morgan fingerprint density at radius 3 is 2.53 bits per heavy atom. The summed E-state index contributed by atoms with van der Waals surface area (Å²) in [4.78, 5) is 11.5. The van der Waals surface area contributed by atoms with E-state index in [-0.39, 0.29) is 17.8 Å². The van der Waals surface area contributed by atoms with Gasteiger partial charge in [0.25, 0.3) is 0 Å². The maximum absolute atomic E-state index is 11.5. The molecule has 92 valence electrons. The van der Waals surface area contributed by atoms with E-state index < -0.39 is 0 Å². The lowest BCUT2D eigenvalue weighted by Crippen LogP contribution is -2.33. The lowest BCUT2D eigenvalue weighted by Gasteiger charge is -2.24. The quantitative estimate of drug-likeness (QED) is 0.818. The van der Waals surface area contributed by atoms with E-state index in [9.17, 15) is 4.79 Å². The highest BCUT2D eigenvalue weighted by molar-refractivity contribution is 6.27. The number of hydrogen-bond donors (Lipinski definition) is 1. The summed E-state index contributed by atoms with van der Waals surface area (Å²) in [7, 11) is 0. The highest BCUT2D eigenvalue weighted by Gasteiger charge is 2.27. The van der Waals surface area contributed by atoms with E-state index in [1.807, 2.05) is 18.2 Å². The number of nitrogens with one attached hydrogen (secondary N) is 1. The standard InChI is InChI=1S/C14H18ClNO/c15-10-13(17)16-14(12-8-4-5-9-12)11-6-2-1-3-7-11/h1-3,6-7,12,14H,4-5,8-10H2,(H,16,17). The van der Waals surface area contributed by atoms with Gasteiger partial charge < -0.3 is 5.32 Å². The number of amides is 1. The number of carbonyl (C=O) groups is 1. The molecular weight excluding hydrogens is 234 g/mol. The molecule has 0 spiro atoms. The molecule has 2 nitrogen and oxygen atoms in total. The topological polar surface area (TPSA) is 29.1 Å². The smallest absolute Gasteiger partial charge is 0.235 e. The molecule has 1 aliphatic rings. The van der Waals surface area contributed by atoms with Crippen LogP contribution in [0.5, 0.6) is 0 Å². The van der Waals surface area contributed by atoms with Crippen LogP contribution in [0.4, 0.5) is 0 Å². The Kier molecular flexibility index (Phi) is 4.43. The Morgan fingerprint density at radius 1 is 1.29 bits per heavy atom. The van der Waals surface area contributed by atoms with Crippen LogP contribution in [-0.2, 0) is 4.79 Å². The summed E-state index contributed by atoms with van der Waals surface area (Å²) in [5, 5.41) is 3.05. The molecule has 3 heteroatoms. The number of carbonyl (C=O) groups excluding carboxylic acids is 1. The van der Waals surface area contributed by atoms with Crippen molar-refractivity contribution in [3.8, 4) is 0 Å². The van der Waals surface area contributed by atoms with Crippen molar-refractivity contribution >= 4 is 17.5 Å². The predicted molar refractivity (Wildman–Crippen MR) is 70.0 cm³/mol. The van der Waals surface area contributed by atoms with Crippen LogP contribution in [0, 0.1) is 5.92 Å². The zero-order valence-corrected chi connectivity index (χ0v) is 10.6. The molecule has 0 heterocycles. The van der Waals surface area contributed by atoms with Gasteiger partial charge in [0.2, 0.25) is 5.91 Å². The number of alkyl halides is 1. The molecule has 1 aliphatic carbocycles. The van der Waals surface area contributed by atoms with Gasteiger partial charge in [0.05, 0.1) is 6.04 Å². The Morgan fingerprint density at radius 2 is 1.94 bits per heavy atom. The van der Waals surface area contributed by atoms with E-state index in [2.05, 4.69) is 17.4 Å². The summed E-state index contributed by atoms with van der Waals surface area (Å²) in [6.07, 6.45) is 4.93. The molecule has 0 saturated heterocycles. The van der Waals surface area contributed by atoms with Gasteiger partial charge in [-0.05, 0) is 24.3 Å². The van der Waals surface area contributed by atoms with E-state index in [1.54, 1.807) is 0 Å². The van der Waals surface area contributed by atoms with Gasteiger partial charge in [0.1, 0.15) is 5.88 Å².